The molecule has 0 amide bonds. The van der Waals surface area contributed by atoms with Crippen molar-refractivity contribution in [2.24, 2.45) is 17.3 Å². The van der Waals surface area contributed by atoms with E-state index in [2.05, 4.69) is 19.6 Å². The average Bonchev–Trinajstić information content (AvgIpc) is 2.83. The average molecular weight is 220 g/mol. The minimum Gasteiger partial charge on any atom is -0.392 e. The summed E-state index contributed by atoms with van der Waals surface area (Å²) in [6.45, 7) is 8.94. The SMILES string of the molecule is C=C1[C@H]2CC[C@H](C2)[C@]1(C)CC/C=C(/C)CO. The summed E-state index contributed by atoms with van der Waals surface area (Å²) in [5, 5.41) is 8.96. The van der Waals surface area contributed by atoms with Crippen LogP contribution in [0.4, 0.5) is 0 Å². The maximum atomic E-state index is 8.96. The Hall–Kier alpha value is -0.560. The third-order valence-electron chi connectivity index (χ3n) is 4.97. The van der Waals surface area contributed by atoms with Crippen LogP contribution in [0.3, 0.4) is 0 Å². The van der Waals surface area contributed by atoms with E-state index in [0.717, 1.165) is 23.8 Å². The van der Waals surface area contributed by atoms with Gasteiger partial charge in [-0.25, -0.2) is 0 Å². The van der Waals surface area contributed by atoms with E-state index >= 15 is 0 Å². The van der Waals surface area contributed by atoms with Crippen molar-refractivity contribution >= 4 is 0 Å². The van der Waals surface area contributed by atoms with Crippen molar-refractivity contribution in [1.29, 1.82) is 0 Å². The molecule has 0 aromatic rings. The lowest BCUT2D eigenvalue weighted by molar-refractivity contribution is 0.240. The van der Waals surface area contributed by atoms with E-state index < -0.39 is 0 Å². The fraction of sp³-hybridized carbons (Fsp3) is 0.733. The molecule has 16 heavy (non-hydrogen) atoms. The number of aliphatic hydroxyl groups excluding tert-OH is 1. The Morgan fingerprint density at radius 2 is 2.31 bits per heavy atom. The highest BCUT2D eigenvalue weighted by atomic mass is 16.3. The van der Waals surface area contributed by atoms with E-state index in [1.54, 1.807) is 0 Å². The molecule has 0 aromatic heterocycles. The van der Waals surface area contributed by atoms with E-state index in [4.69, 9.17) is 5.11 Å². The van der Waals surface area contributed by atoms with Crippen molar-refractivity contribution < 1.29 is 5.11 Å². The maximum Gasteiger partial charge on any atom is 0.0639 e. The Kier molecular flexibility index (Phi) is 3.25. The molecule has 0 aliphatic heterocycles. The van der Waals surface area contributed by atoms with Gasteiger partial charge < -0.3 is 5.11 Å². The number of aliphatic hydroxyl groups is 1. The zero-order chi connectivity index (χ0) is 11.8. The van der Waals surface area contributed by atoms with Gasteiger partial charge in [-0.1, -0.05) is 30.7 Å². The van der Waals surface area contributed by atoms with Crippen LogP contribution in [-0.2, 0) is 0 Å². The molecule has 1 heteroatoms. The number of allylic oxidation sites excluding steroid dienone is 2. The van der Waals surface area contributed by atoms with Gasteiger partial charge in [-0.3, -0.25) is 0 Å². The molecular weight excluding hydrogens is 196 g/mol. The van der Waals surface area contributed by atoms with Crippen molar-refractivity contribution in [2.75, 3.05) is 6.61 Å². The van der Waals surface area contributed by atoms with Crippen molar-refractivity contribution in [1.82, 2.24) is 0 Å². The summed E-state index contributed by atoms with van der Waals surface area (Å²) in [6.07, 6.45) is 8.66. The lowest BCUT2D eigenvalue weighted by atomic mass is 9.69. The van der Waals surface area contributed by atoms with Gasteiger partial charge in [0, 0.05) is 0 Å². The largest absolute Gasteiger partial charge is 0.392 e. The fourth-order valence-corrected chi connectivity index (χ4v) is 3.65. The molecule has 2 rings (SSSR count). The van der Waals surface area contributed by atoms with Gasteiger partial charge in [-0.05, 0) is 56.3 Å². The Balaban J connectivity index is 1.96. The highest BCUT2D eigenvalue weighted by Crippen LogP contribution is 2.60. The lowest BCUT2D eigenvalue weighted by Crippen LogP contribution is -2.26. The standard InChI is InChI=1S/C15H24O/c1-11(10-16)5-4-8-15(3)12(2)13-6-7-14(15)9-13/h5,13-14,16H,2,4,6-10H2,1,3H3/b11-5-/t13-,14+,15+/m0/s1. The Bertz CT molecular complexity index is 315. The van der Waals surface area contributed by atoms with E-state index in [1.165, 1.54) is 31.3 Å². The first-order chi connectivity index (χ1) is 7.58. The summed E-state index contributed by atoms with van der Waals surface area (Å²) < 4.78 is 0. The van der Waals surface area contributed by atoms with Crippen molar-refractivity contribution in [2.45, 2.75) is 46.0 Å². The van der Waals surface area contributed by atoms with Gasteiger partial charge in [-0.2, -0.15) is 0 Å². The van der Waals surface area contributed by atoms with Crippen LogP contribution >= 0.6 is 0 Å². The third-order valence-corrected chi connectivity index (χ3v) is 4.97. The third kappa shape index (κ3) is 1.86. The van der Waals surface area contributed by atoms with E-state index in [-0.39, 0.29) is 6.61 Å². The van der Waals surface area contributed by atoms with E-state index in [0.29, 0.717) is 5.41 Å². The van der Waals surface area contributed by atoms with Crippen molar-refractivity contribution in [3.63, 3.8) is 0 Å². The zero-order valence-electron chi connectivity index (χ0n) is 10.6. The summed E-state index contributed by atoms with van der Waals surface area (Å²) in [4.78, 5) is 0. The van der Waals surface area contributed by atoms with Crippen LogP contribution < -0.4 is 0 Å². The van der Waals surface area contributed by atoms with Crippen LogP contribution in [0.25, 0.3) is 0 Å². The molecule has 2 fully saturated rings. The van der Waals surface area contributed by atoms with Crippen molar-refractivity contribution in [3.05, 3.63) is 23.8 Å². The van der Waals surface area contributed by atoms with Crippen LogP contribution in [-0.4, -0.2) is 11.7 Å². The Labute approximate surface area is 99.3 Å². The topological polar surface area (TPSA) is 20.2 Å². The summed E-state index contributed by atoms with van der Waals surface area (Å²) in [6, 6.07) is 0. The number of hydrogen-bond donors (Lipinski definition) is 1. The number of hydrogen-bond acceptors (Lipinski definition) is 1. The van der Waals surface area contributed by atoms with Crippen LogP contribution in [0.2, 0.25) is 0 Å². The highest BCUT2D eigenvalue weighted by molar-refractivity contribution is 5.24. The molecule has 2 aliphatic carbocycles. The first kappa shape index (κ1) is 11.9. The molecule has 90 valence electrons. The second-order valence-electron chi connectivity index (χ2n) is 5.90. The summed E-state index contributed by atoms with van der Waals surface area (Å²) in [5.41, 5.74) is 2.99. The second kappa shape index (κ2) is 4.37. The molecule has 0 saturated heterocycles. The predicted molar refractivity (Wildman–Crippen MR) is 68.2 cm³/mol. The van der Waals surface area contributed by atoms with Gasteiger partial charge in [0.1, 0.15) is 0 Å². The molecule has 1 nitrogen and oxygen atoms in total. The number of fused-ring (bicyclic) bond motifs is 2. The monoisotopic (exact) mass is 220 g/mol. The van der Waals surface area contributed by atoms with Crippen LogP contribution in [0.15, 0.2) is 23.8 Å². The predicted octanol–water partition coefficient (Wildman–Crippen LogP) is 3.70. The molecule has 2 bridgehead atoms. The van der Waals surface area contributed by atoms with Crippen LogP contribution in [0.1, 0.15) is 46.0 Å². The maximum absolute atomic E-state index is 8.96. The van der Waals surface area contributed by atoms with Gasteiger partial charge in [-0.15, -0.1) is 0 Å². The van der Waals surface area contributed by atoms with E-state index in [9.17, 15) is 0 Å². The molecule has 3 atom stereocenters. The smallest absolute Gasteiger partial charge is 0.0639 e. The highest BCUT2D eigenvalue weighted by Gasteiger charge is 2.49. The van der Waals surface area contributed by atoms with Gasteiger partial charge in [0.15, 0.2) is 0 Å². The first-order valence-corrected chi connectivity index (χ1v) is 6.53. The Morgan fingerprint density at radius 3 is 2.88 bits per heavy atom. The first-order valence-electron chi connectivity index (χ1n) is 6.53. The molecule has 0 radical (unpaired) electrons. The molecule has 2 aliphatic rings. The minimum absolute atomic E-state index is 0.198. The van der Waals surface area contributed by atoms with Gasteiger partial charge in [0.2, 0.25) is 0 Å². The second-order valence-corrected chi connectivity index (χ2v) is 5.90. The fourth-order valence-electron chi connectivity index (χ4n) is 3.65. The zero-order valence-corrected chi connectivity index (χ0v) is 10.6. The van der Waals surface area contributed by atoms with Gasteiger partial charge in [0.25, 0.3) is 0 Å². The summed E-state index contributed by atoms with van der Waals surface area (Å²) in [7, 11) is 0. The Morgan fingerprint density at radius 1 is 1.56 bits per heavy atom. The molecular formula is C15H24O. The molecule has 0 aromatic carbocycles. The molecule has 0 spiro atoms. The quantitative estimate of drug-likeness (QED) is 0.716. The summed E-state index contributed by atoms with van der Waals surface area (Å²) in [5.74, 6) is 1.70. The van der Waals surface area contributed by atoms with Gasteiger partial charge >= 0.3 is 0 Å². The van der Waals surface area contributed by atoms with E-state index in [1.807, 2.05) is 6.92 Å². The van der Waals surface area contributed by atoms with Crippen LogP contribution in [0, 0.1) is 17.3 Å². The molecule has 0 unspecified atom stereocenters. The van der Waals surface area contributed by atoms with Crippen molar-refractivity contribution in [3.8, 4) is 0 Å². The normalized spacial score (nSPS) is 38.4. The minimum atomic E-state index is 0.198. The molecule has 0 heterocycles. The summed E-state index contributed by atoms with van der Waals surface area (Å²) >= 11 is 0. The lowest BCUT2D eigenvalue weighted by Gasteiger charge is -2.36. The number of rotatable bonds is 4. The van der Waals surface area contributed by atoms with Crippen LogP contribution in [0.5, 0.6) is 0 Å². The molecule has 1 N–H and O–H groups in total. The van der Waals surface area contributed by atoms with Gasteiger partial charge in [0.05, 0.1) is 6.61 Å². The molecule has 2 saturated carbocycles.